The number of nitrogens with one attached hydrogen (secondary N) is 2. The Morgan fingerprint density at radius 3 is 2.84 bits per heavy atom. The van der Waals surface area contributed by atoms with E-state index in [1.807, 2.05) is 13.0 Å². The third-order valence-electron chi connectivity index (χ3n) is 3.60. The molecule has 0 aliphatic heterocycles. The van der Waals surface area contributed by atoms with E-state index in [0.717, 1.165) is 11.1 Å². The van der Waals surface area contributed by atoms with Crippen molar-refractivity contribution in [3.8, 4) is 6.07 Å². The Hall–Kier alpha value is -3.73. The lowest BCUT2D eigenvalue weighted by Gasteiger charge is -2.07. The summed E-state index contributed by atoms with van der Waals surface area (Å²) in [7, 11) is 1.77. The van der Waals surface area contributed by atoms with Crippen molar-refractivity contribution in [2.75, 3.05) is 5.32 Å². The molecule has 2 aromatic heterocycles. The highest BCUT2D eigenvalue weighted by Crippen LogP contribution is 2.16. The maximum Gasteiger partial charge on any atom is 0.326 e. The SMILES string of the molecule is Cc1nn(C)c2ncc(C(=O)NC(=O)Nc3cccc(C#N)c3)cc12. The second kappa shape index (κ2) is 6.41. The summed E-state index contributed by atoms with van der Waals surface area (Å²) in [4.78, 5) is 28.4. The third kappa shape index (κ3) is 3.30. The van der Waals surface area contributed by atoms with Gasteiger partial charge in [0.2, 0.25) is 0 Å². The van der Waals surface area contributed by atoms with E-state index in [1.165, 1.54) is 12.3 Å². The predicted molar refractivity (Wildman–Crippen MR) is 90.9 cm³/mol. The van der Waals surface area contributed by atoms with E-state index in [9.17, 15) is 9.59 Å². The van der Waals surface area contributed by atoms with Gasteiger partial charge < -0.3 is 5.32 Å². The third-order valence-corrected chi connectivity index (χ3v) is 3.60. The van der Waals surface area contributed by atoms with Crippen LogP contribution in [0.1, 0.15) is 21.6 Å². The molecule has 0 unspecified atom stereocenters. The first-order chi connectivity index (χ1) is 12.0. The van der Waals surface area contributed by atoms with Crippen LogP contribution in [0.5, 0.6) is 0 Å². The van der Waals surface area contributed by atoms with Gasteiger partial charge in [0.05, 0.1) is 22.9 Å². The number of aromatic nitrogens is 3. The summed E-state index contributed by atoms with van der Waals surface area (Å²) in [5, 5.41) is 18.6. The van der Waals surface area contributed by atoms with Crippen LogP contribution in [-0.4, -0.2) is 26.7 Å². The van der Waals surface area contributed by atoms with Gasteiger partial charge in [-0.1, -0.05) is 6.07 Å². The molecule has 0 saturated heterocycles. The number of rotatable bonds is 2. The summed E-state index contributed by atoms with van der Waals surface area (Å²) in [6.07, 6.45) is 1.39. The molecular weight excluding hydrogens is 320 g/mol. The predicted octanol–water partition coefficient (Wildman–Crippen LogP) is 2.11. The van der Waals surface area contributed by atoms with Crippen molar-refractivity contribution in [1.29, 1.82) is 5.26 Å². The maximum absolute atomic E-state index is 12.2. The van der Waals surface area contributed by atoms with Gasteiger partial charge in [-0.05, 0) is 31.2 Å². The molecule has 8 heteroatoms. The number of hydrogen-bond donors (Lipinski definition) is 2. The number of nitrogens with zero attached hydrogens (tertiary/aromatic N) is 4. The average Bonchev–Trinajstić information content (AvgIpc) is 2.88. The number of amides is 3. The highest BCUT2D eigenvalue weighted by molar-refractivity contribution is 6.08. The van der Waals surface area contributed by atoms with Gasteiger partial charge in [-0.3, -0.25) is 14.8 Å². The number of hydrogen-bond acceptors (Lipinski definition) is 5. The van der Waals surface area contributed by atoms with Crippen molar-refractivity contribution in [1.82, 2.24) is 20.1 Å². The average molecular weight is 334 g/mol. The Balaban J connectivity index is 1.74. The number of aryl methyl sites for hydroxylation is 2. The van der Waals surface area contributed by atoms with Crippen LogP contribution < -0.4 is 10.6 Å². The quantitative estimate of drug-likeness (QED) is 0.745. The molecule has 1 aromatic carbocycles. The lowest BCUT2D eigenvalue weighted by atomic mass is 10.2. The Bertz CT molecular complexity index is 1030. The zero-order valence-corrected chi connectivity index (χ0v) is 13.6. The first-order valence-electron chi connectivity index (χ1n) is 7.40. The lowest BCUT2D eigenvalue weighted by Crippen LogP contribution is -2.34. The van der Waals surface area contributed by atoms with Crippen LogP contribution in [0.4, 0.5) is 10.5 Å². The van der Waals surface area contributed by atoms with Gasteiger partial charge in [0, 0.05) is 24.3 Å². The van der Waals surface area contributed by atoms with Crippen LogP contribution in [0, 0.1) is 18.3 Å². The number of pyridine rings is 1. The summed E-state index contributed by atoms with van der Waals surface area (Å²) in [6.45, 7) is 1.82. The zero-order chi connectivity index (χ0) is 18.0. The molecule has 0 aliphatic carbocycles. The molecule has 0 radical (unpaired) electrons. The number of imide groups is 1. The minimum absolute atomic E-state index is 0.254. The van der Waals surface area contributed by atoms with Crippen molar-refractivity contribution in [3.05, 3.63) is 53.3 Å². The molecular formula is C17H14N6O2. The van der Waals surface area contributed by atoms with Crippen molar-refractivity contribution in [2.24, 2.45) is 7.05 Å². The molecule has 124 valence electrons. The van der Waals surface area contributed by atoms with Crippen LogP contribution in [0.25, 0.3) is 11.0 Å². The number of carbonyl (C=O) groups excluding carboxylic acids is 2. The van der Waals surface area contributed by atoms with Gasteiger partial charge in [0.1, 0.15) is 0 Å². The van der Waals surface area contributed by atoms with E-state index in [0.29, 0.717) is 16.9 Å². The van der Waals surface area contributed by atoms with Crippen LogP contribution in [0.15, 0.2) is 36.5 Å². The monoisotopic (exact) mass is 334 g/mol. The van der Waals surface area contributed by atoms with E-state index in [-0.39, 0.29) is 5.56 Å². The number of urea groups is 1. The van der Waals surface area contributed by atoms with E-state index in [4.69, 9.17) is 5.26 Å². The number of fused-ring (bicyclic) bond motifs is 1. The number of nitriles is 1. The standard InChI is InChI=1S/C17H14N6O2/c1-10-14-7-12(9-19-15(14)23(2)22-10)16(24)21-17(25)20-13-5-3-4-11(6-13)8-18/h3-7,9H,1-2H3,(H2,20,21,24,25). The van der Waals surface area contributed by atoms with E-state index < -0.39 is 11.9 Å². The molecule has 25 heavy (non-hydrogen) atoms. The number of carbonyl (C=O) groups is 2. The normalized spacial score (nSPS) is 10.3. The molecule has 0 saturated carbocycles. The van der Waals surface area contributed by atoms with E-state index >= 15 is 0 Å². The smallest absolute Gasteiger partial charge is 0.308 e. The summed E-state index contributed by atoms with van der Waals surface area (Å²) in [6, 6.07) is 9.31. The number of benzene rings is 1. The minimum Gasteiger partial charge on any atom is -0.308 e. The van der Waals surface area contributed by atoms with Gasteiger partial charge in [-0.25, -0.2) is 9.78 Å². The van der Waals surface area contributed by atoms with Gasteiger partial charge >= 0.3 is 6.03 Å². The topological polar surface area (TPSA) is 113 Å². The summed E-state index contributed by atoms with van der Waals surface area (Å²) in [5.41, 5.74) is 2.49. The molecule has 8 nitrogen and oxygen atoms in total. The fourth-order valence-corrected chi connectivity index (χ4v) is 2.44. The van der Waals surface area contributed by atoms with Crippen molar-refractivity contribution < 1.29 is 9.59 Å². The Kier molecular flexibility index (Phi) is 4.14. The first kappa shape index (κ1) is 16.1. The van der Waals surface area contributed by atoms with Gasteiger partial charge in [-0.15, -0.1) is 0 Å². The van der Waals surface area contributed by atoms with Crippen molar-refractivity contribution in [2.45, 2.75) is 6.92 Å². The van der Waals surface area contributed by atoms with E-state index in [2.05, 4.69) is 20.7 Å². The Morgan fingerprint density at radius 1 is 1.28 bits per heavy atom. The van der Waals surface area contributed by atoms with Gasteiger partial charge in [-0.2, -0.15) is 10.4 Å². The summed E-state index contributed by atoms with van der Waals surface area (Å²) < 4.78 is 1.63. The van der Waals surface area contributed by atoms with Crippen LogP contribution >= 0.6 is 0 Å². The number of anilines is 1. The highest BCUT2D eigenvalue weighted by atomic mass is 16.2. The fourth-order valence-electron chi connectivity index (χ4n) is 2.44. The molecule has 3 aromatic rings. The molecule has 0 fully saturated rings. The molecule has 2 N–H and O–H groups in total. The van der Waals surface area contributed by atoms with Gasteiger partial charge in [0.15, 0.2) is 5.65 Å². The van der Waals surface area contributed by atoms with Crippen LogP contribution in [0.3, 0.4) is 0 Å². The van der Waals surface area contributed by atoms with E-state index in [1.54, 1.807) is 36.0 Å². The summed E-state index contributed by atoms with van der Waals surface area (Å²) >= 11 is 0. The molecule has 0 atom stereocenters. The summed E-state index contributed by atoms with van der Waals surface area (Å²) in [5.74, 6) is -0.577. The molecule has 3 amide bonds. The Labute approximate surface area is 143 Å². The maximum atomic E-state index is 12.2. The highest BCUT2D eigenvalue weighted by Gasteiger charge is 2.14. The van der Waals surface area contributed by atoms with Crippen molar-refractivity contribution >= 4 is 28.7 Å². The van der Waals surface area contributed by atoms with Crippen LogP contribution in [0.2, 0.25) is 0 Å². The minimum atomic E-state index is -0.692. The van der Waals surface area contributed by atoms with Crippen LogP contribution in [-0.2, 0) is 7.05 Å². The zero-order valence-electron chi connectivity index (χ0n) is 13.6. The fraction of sp³-hybridized carbons (Fsp3) is 0.118. The largest absolute Gasteiger partial charge is 0.326 e. The molecule has 0 aliphatic rings. The second-order valence-electron chi connectivity index (χ2n) is 5.41. The Morgan fingerprint density at radius 2 is 2.08 bits per heavy atom. The second-order valence-corrected chi connectivity index (χ2v) is 5.41. The molecule has 2 heterocycles. The molecule has 3 rings (SSSR count). The molecule has 0 bridgehead atoms. The lowest BCUT2D eigenvalue weighted by molar-refractivity contribution is 0.0967. The first-order valence-corrected chi connectivity index (χ1v) is 7.40. The molecule has 0 spiro atoms. The van der Waals surface area contributed by atoms with Gasteiger partial charge in [0.25, 0.3) is 5.91 Å². The van der Waals surface area contributed by atoms with Crippen molar-refractivity contribution in [3.63, 3.8) is 0 Å².